The van der Waals surface area contributed by atoms with Gasteiger partial charge in [0.25, 0.3) is 0 Å². The third kappa shape index (κ3) is 1.68. The number of carbonyl (C=O) groups is 1. The lowest BCUT2D eigenvalue weighted by Gasteiger charge is -2.12. The molecule has 2 nitrogen and oxygen atoms in total. The van der Waals surface area contributed by atoms with Crippen molar-refractivity contribution in [2.45, 2.75) is 6.92 Å². The first-order valence-corrected chi connectivity index (χ1v) is 6.20. The van der Waals surface area contributed by atoms with E-state index < -0.39 is 0 Å². The van der Waals surface area contributed by atoms with Gasteiger partial charge in [-0.2, -0.15) is 0 Å². The minimum absolute atomic E-state index is 0.749. The van der Waals surface area contributed by atoms with Crippen LogP contribution in [0.1, 0.15) is 15.9 Å². The summed E-state index contributed by atoms with van der Waals surface area (Å²) in [7, 11) is 1.65. The van der Waals surface area contributed by atoms with E-state index in [0.29, 0.717) is 0 Å². The molecule has 0 amide bonds. The van der Waals surface area contributed by atoms with Gasteiger partial charge in [0.15, 0.2) is 6.29 Å². The molecule has 0 spiro atoms. The third-order valence-electron chi connectivity index (χ3n) is 3.66. The number of methoxy groups -OCH3 is 1. The van der Waals surface area contributed by atoms with E-state index >= 15 is 0 Å². The molecule has 0 atom stereocenters. The second-order valence-corrected chi connectivity index (χ2v) is 4.61. The van der Waals surface area contributed by atoms with Gasteiger partial charge in [-0.15, -0.1) is 0 Å². The molecule has 94 valence electrons. The maximum absolute atomic E-state index is 11.5. The lowest BCUT2D eigenvalue weighted by molar-refractivity contribution is 0.112. The largest absolute Gasteiger partial charge is 0.497 e. The first-order chi connectivity index (χ1) is 9.26. The van der Waals surface area contributed by atoms with Crippen molar-refractivity contribution in [2.75, 3.05) is 7.11 Å². The van der Waals surface area contributed by atoms with E-state index in [4.69, 9.17) is 4.74 Å². The summed E-state index contributed by atoms with van der Waals surface area (Å²) in [5.74, 6) is 0.808. The van der Waals surface area contributed by atoms with Crippen molar-refractivity contribution in [3.05, 3.63) is 53.6 Å². The Morgan fingerprint density at radius 3 is 2.32 bits per heavy atom. The summed E-state index contributed by atoms with van der Waals surface area (Å²) in [6, 6.07) is 13.8. The van der Waals surface area contributed by atoms with Crippen LogP contribution in [0.15, 0.2) is 42.5 Å². The first kappa shape index (κ1) is 11.7. The van der Waals surface area contributed by atoms with Crippen LogP contribution in [0, 0.1) is 6.92 Å². The number of carbonyl (C=O) groups excluding carboxylic acids is 1. The summed E-state index contributed by atoms with van der Waals surface area (Å²) in [6.45, 7) is 2.08. The molecule has 0 heterocycles. The molecular formula is C17H14O2. The average molecular weight is 250 g/mol. The van der Waals surface area contributed by atoms with Crippen molar-refractivity contribution in [1.82, 2.24) is 0 Å². The molecule has 3 aromatic carbocycles. The lowest BCUT2D eigenvalue weighted by atomic mass is 9.93. The summed E-state index contributed by atoms with van der Waals surface area (Å²) < 4.78 is 5.27. The van der Waals surface area contributed by atoms with E-state index in [1.54, 1.807) is 7.11 Å². The van der Waals surface area contributed by atoms with E-state index in [-0.39, 0.29) is 0 Å². The standard InChI is InChI=1S/C17H14O2/c1-11-13-5-3-4-6-14(13)17(10-18)15-8-7-12(19-2)9-16(11)15/h3-10H,1-2H3. The Balaban J connectivity index is 2.57. The number of hydrogen-bond donors (Lipinski definition) is 0. The van der Waals surface area contributed by atoms with Crippen LogP contribution in [-0.2, 0) is 0 Å². The summed E-state index contributed by atoms with van der Waals surface area (Å²) >= 11 is 0. The molecule has 2 heteroatoms. The van der Waals surface area contributed by atoms with Crippen molar-refractivity contribution in [2.24, 2.45) is 0 Å². The minimum Gasteiger partial charge on any atom is -0.497 e. The van der Waals surface area contributed by atoms with Gasteiger partial charge < -0.3 is 4.74 Å². The molecule has 0 aromatic heterocycles. The zero-order chi connectivity index (χ0) is 13.4. The maximum atomic E-state index is 11.5. The molecule has 0 saturated heterocycles. The average Bonchev–Trinajstić information content (AvgIpc) is 2.48. The number of hydrogen-bond acceptors (Lipinski definition) is 2. The van der Waals surface area contributed by atoms with Gasteiger partial charge in [0, 0.05) is 5.56 Å². The molecule has 19 heavy (non-hydrogen) atoms. The van der Waals surface area contributed by atoms with Crippen molar-refractivity contribution in [3.8, 4) is 5.75 Å². The predicted molar refractivity (Wildman–Crippen MR) is 78.1 cm³/mol. The molecule has 3 aromatic rings. The molecule has 0 N–H and O–H groups in total. The number of aryl methyl sites for hydroxylation is 1. The van der Waals surface area contributed by atoms with Crippen LogP contribution < -0.4 is 4.74 Å². The van der Waals surface area contributed by atoms with Crippen LogP contribution in [0.4, 0.5) is 0 Å². The van der Waals surface area contributed by atoms with Gasteiger partial charge in [-0.1, -0.05) is 24.3 Å². The zero-order valence-electron chi connectivity index (χ0n) is 10.9. The van der Waals surface area contributed by atoms with Crippen molar-refractivity contribution < 1.29 is 9.53 Å². The second kappa shape index (κ2) is 4.39. The number of fused-ring (bicyclic) bond motifs is 2. The fourth-order valence-corrected chi connectivity index (χ4v) is 2.66. The topological polar surface area (TPSA) is 26.3 Å². The van der Waals surface area contributed by atoms with Gasteiger partial charge in [0.05, 0.1) is 7.11 Å². The summed E-state index contributed by atoms with van der Waals surface area (Å²) in [5, 5.41) is 4.17. The SMILES string of the molecule is COc1ccc2c(C=O)c3ccccc3c(C)c2c1. The smallest absolute Gasteiger partial charge is 0.151 e. The lowest BCUT2D eigenvalue weighted by Crippen LogP contribution is -1.92. The Bertz CT molecular complexity index is 788. The van der Waals surface area contributed by atoms with Crippen LogP contribution in [0.25, 0.3) is 21.5 Å². The van der Waals surface area contributed by atoms with E-state index in [9.17, 15) is 4.79 Å². The Kier molecular flexibility index (Phi) is 2.71. The van der Waals surface area contributed by atoms with E-state index in [2.05, 4.69) is 13.0 Å². The number of aldehydes is 1. The van der Waals surface area contributed by atoms with Gasteiger partial charge >= 0.3 is 0 Å². The number of rotatable bonds is 2. The van der Waals surface area contributed by atoms with Crippen LogP contribution >= 0.6 is 0 Å². The third-order valence-corrected chi connectivity index (χ3v) is 3.66. The predicted octanol–water partition coefficient (Wildman–Crippen LogP) is 4.12. The molecule has 0 aliphatic heterocycles. The highest BCUT2D eigenvalue weighted by Gasteiger charge is 2.11. The van der Waals surface area contributed by atoms with Crippen LogP contribution in [0.5, 0.6) is 5.75 Å². The zero-order valence-corrected chi connectivity index (χ0v) is 10.9. The van der Waals surface area contributed by atoms with Gasteiger partial charge in [-0.25, -0.2) is 0 Å². The van der Waals surface area contributed by atoms with Gasteiger partial charge in [0.1, 0.15) is 5.75 Å². The summed E-state index contributed by atoms with van der Waals surface area (Å²) in [4.78, 5) is 11.5. The van der Waals surface area contributed by atoms with Crippen LogP contribution in [-0.4, -0.2) is 13.4 Å². The van der Waals surface area contributed by atoms with Crippen molar-refractivity contribution in [3.63, 3.8) is 0 Å². The number of benzene rings is 3. The minimum atomic E-state index is 0.749. The highest BCUT2D eigenvalue weighted by Crippen LogP contribution is 2.33. The molecule has 3 rings (SSSR count). The van der Waals surface area contributed by atoms with Crippen molar-refractivity contribution >= 4 is 27.8 Å². The normalized spacial score (nSPS) is 10.8. The quantitative estimate of drug-likeness (QED) is 0.505. The van der Waals surface area contributed by atoms with Crippen molar-refractivity contribution in [1.29, 1.82) is 0 Å². The maximum Gasteiger partial charge on any atom is 0.151 e. The van der Waals surface area contributed by atoms with Gasteiger partial charge in [-0.3, -0.25) is 4.79 Å². The Labute approximate surface area is 111 Å². The fourth-order valence-electron chi connectivity index (χ4n) is 2.66. The Morgan fingerprint density at radius 1 is 0.947 bits per heavy atom. The molecule has 0 aliphatic rings. The molecular weight excluding hydrogens is 236 g/mol. The molecule has 0 aliphatic carbocycles. The molecule has 0 fully saturated rings. The Morgan fingerprint density at radius 2 is 1.63 bits per heavy atom. The molecule has 0 unspecified atom stereocenters. The summed E-state index contributed by atoms with van der Waals surface area (Å²) in [6.07, 6.45) is 0.941. The van der Waals surface area contributed by atoms with Gasteiger partial charge in [-0.05, 0) is 52.2 Å². The van der Waals surface area contributed by atoms with Gasteiger partial charge in [0.2, 0.25) is 0 Å². The van der Waals surface area contributed by atoms with Crippen LogP contribution in [0.2, 0.25) is 0 Å². The molecule has 0 bridgehead atoms. The molecule has 0 radical (unpaired) electrons. The molecule has 0 saturated carbocycles. The van der Waals surface area contributed by atoms with E-state index in [0.717, 1.165) is 39.1 Å². The van der Waals surface area contributed by atoms with E-state index in [1.807, 2.05) is 36.4 Å². The fraction of sp³-hybridized carbons (Fsp3) is 0.118. The monoisotopic (exact) mass is 250 g/mol. The van der Waals surface area contributed by atoms with E-state index in [1.165, 1.54) is 5.56 Å². The first-order valence-electron chi connectivity index (χ1n) is 6.20. The second-order valence-electron chi connectivity index (χ2n) is 4.61. The van der Waals surface area contributed by atoms with Crippen LogP contribution in [0.3, 0.4) is 0 Å². The summed E-state index contributed by atoms with van der Waals surface area (Å²) in [5.41, 5.74) is 1.92. The highest BCUT2D eigenvalue weighted by atomic mass is 16.5. The number of ether oxygens (including phenoxy) is 1. The highest BCUT2D eigenvalue weighted by molar-refractivity contribution is 6.14. The Hall–Kier alpha value is -2.35.